The van der Waals surface area contributed by atoms with E-state index in [0.717, 1.165) is 24.8 Å². The second kappa shape index (κ2) is 8.92. The van der Waals surface area contributed by atoms with E-state index >= 15 is 0 Å². The Morgan fingerprint density at radius 1 is 1.09 bits per heavy atom. The van der Waals surface area contributed by atoms with E-state index in [-0.39, 0.29) is 39.3 Å². The van der Waals surface area contributed by atoms with Gasteiger partial charge in [0.1, 0.15) is 5.97 Å². The summed E-state index contributed by atoms with van der Waals surface area (Å²) in [7, 11) is 1.52. The molecule has 32 heavy (non-hydrogen) atoms. The SMILES string of the molecule is COC(=O)N1C[C@]23CC[C@@H]4C(C)(C)CCC[C@@]4(C)[C@@H]2C[CH][C@@]1(C)C3.O=C([O-])C(F)(F)F.[Hg+]. The molecule has 3 saturated carbocycles. The van der Waals surface area contributed by atoms with Crippen LogP contribution in [0.3, 0.4) is 0 Å². The molecule has 178 valence electrons. The molecule has 1 heterocycles. The number of nitrogens with zero attached hydrogens (tertiary/aromatic N) is 1. The van der Waals surface area contributed by atoms with Crippen molar-refractivity contribution in [2.45, 2.75) is 84.4 Å². The Balaban J connectivity index is 0.000000398. The van der Waals surface area contributed by atoms with Gasteiger partial charge in [-0.1, -0.05) is 27.2 Å². The number of carbonyl (C=O) groups excluding carboxylic acids is 2. The number of carboxylic acids is 1. The number of likely N-dealkylation sites (tertiary alicyclic amines) is 1. The maximum absolute atomic E-state index is 12.4. The van der Waals surface area contributed by atoms with Gasteiger partial charge in [0.15, 0.2) is 0 Å². The predicted octanol–water partition coefficient (Wildman–Crippen LogP) is 4.35. The fourth-order valence-electron chi connectivity index (χ4n) is 7.83. The molecule has 0 unspecified atom stereocenters. The zero-order valence-corrected chi connectivity index (χ0v) is 25.3. The van der Waals surface area contributed by atoms with Crippen molar-refractivity contribution in [1.29, 1.82) is 0 Å². The van der Waals surface area contributed by atoms with Crippen LogP contribution in [0.15, 0.2) is 0 Å². The normalized spacial score (nSPS) is 39.4. The second-order valence-electron chi connectivity index (χ2n) is 11.2. The maximum atomic E-state index is 12.4. The largest absolute Gasteiger partial charge is 1.00 e. The maximum Gasteiger partial charge on any atom is 1.00 e. The van der Waals surface area contributed by atoms with Crippen LogP contribution in [0.25, 0.3) is 0 Å². The minimum absolute atomic E-state index is 0. The number of hydrogen-bond donors (Lipinski definition) is 0. The number of aliphatic carboxylic acids is 1. The summed E-state index contributed by atoms with van der Waals surface area (Å²) in [5.74, 6) is -1.45. The van der Waals surface area contributed by atoms with Gasteiger partial charge in [0.2, 0.25) is 0 Å². The van der Waals surface area contributed by atoms with Crippen molar-refractivity contribution in [2.24, 2.45) is 28.1 Å². The molecule has 4 aliphatic rings. The van der Waals surface area contributed by atoms with Crippen molar-refractivity contribution >= 4 is 12.1 Å². The van der Waals surface area contributed by atoms with Gasteiger partial charge in [-0.25, -0.2) is 4.79 Å². The van der Waals surface area contributed by atoms with E-state index < -0.39 is 12.1 Å². The van der Waals surface area contributed by atoms with Gasteiger partial charge in [-0.05, 0) is 80.0 Å². The van der Waals surface area contributed by atoms with Gasteiger partial charge in [-0.15, -0.1) is 0 Å². The van der Waals surface area contributed by atoms with Crippen LogP contribution in [0.1, 0.15) is 72.6 Å². The summed E-state index contributed by atoms with van der Waals surface area (Å²) in [5.41, 5.74) is 1.12. The average Bonchev–Trinajstić information content (AvgIpc) is 2.85. The van der Waals surface area contributed by atoms with Crippen LogP contribution < -0.4 is 5.11 Å². The minimum Gasteiger partial charge on any atom is -0.542 e. The summed E-state index contributed by atoms with van der Waals surface area (Å²) in [4.78, 5) is 23.2. The Bertz CT molecular complexity index is 745. The first-order chi connectivity index (χ1) is 14.1. The van der Waals surface area contributed by atoms with Crippen molar-refractivity contribution < 1.29 is 60.3 Å². The molecule has 0 aromatic rings. The number of hydrogen-bond acceptors (Lipinski definition) is 4. The first kappa shape index (κ1) is 27.7. The van der Waals surface area contributed by atoms with Crippen LogP contribution in [0.4, 0.5) is 18.0 Å². The third-order valence-electron chi connectivity index (χ3n) is 8.96. The number of methoxy groups -OCH3 is 1. The van der Waals surface area contributed by atoms with Crippen molar-refractivity contribution in [3.63, 3.8) is 0 Å². The predicted molar refractivity (Wildman–Crippen MR) is 106 cm³/mol. The zero-order chi connectivity index (χ0) is 23.5. The fourth-order valence-corrected chi connectivity index (χ4v) is 7.83. The van der Waals surface area contributed by atoms with Crippen molar-refractivity contribution in [3.05, 3.63) is 6.42 Å². The number of fused-ring (bicyclic) bond motifs is 3. The third kappa shape index (κ3) is 4.55. The Morgan fingerprint density at radius 3 is 2.22 bits per heavy atom. The molecule has 0 aromatic carbocycles. The molecule has 2 radical (unpaired) electrons. The molecule has 2 bridgehead atoms. The number of carbonyl (C=O) groups is 2. The number of halogens is 3. The Morgan fingerprint density at radius 2 is 1.69 bits per heavy atom. The second-order valence-corrected chi connectivity index (χ2v) is 11.2. The first-order valence-corrected chi connectivity index (χ1v) is 11.1. The minimum atomic E-state index is -5.19. The van der Waals surface area contributed by atoms with Gasteiger partial charge in [-0.3, -0.25) is 0 Å². The number of amides is 1. The Labute approximate surface area is 209 Å². The van der Waals surface area contributed by atoms with Gasteiger partial charge in [0, 0.05) is 12.1 Å². The topological polar surface area (TPSA) is 69.7 Å². The molecular formula is C23H34F3HgNO4. The molecular weight excluding hydrogens is 612 g/mol. The van der Waals surface area contributed by atoms with E-state index in [9.17, 15) is 18.0 Å². The number of rotatable bonds is 0. The molecule has 1 saturated heterocycles. The molecule has 1 aliphatic heterocycles. The average molecular weight is 646 g/mol. The smallest absolute Gasteiger partial charge is 0.542 e. The molecule has 4 rings (SSSR count). The monoisotopic (exact) mass is 647 g/mol. The molecule has 4 fully saturated rings. The van der Waals surface area contributed by atoms with Crippen LogP contribution in [0, 0.1) is 34.5 Å². The van der Waals surface area contributed by atoms with E-state index in [0.29, 0.717) is 16.2 Å². The van der Waals surface area contributed by atoms with Gasteiger partial charge in [0.25, 0.3) is 0 Å². The quantitative estimate of drug-likeness (QED) is 0.368. The van der Waals surface area contributed by atoms with E-state index in [1.54, 1.807) is 0 Å². The molecule has 9 heteroatoms. The van der Waals surface area contributed by atoms with E-state index in [1.807, 2.05) is 4.90 Å². The molecule has 1 amide bonds. The van der Waals surface area contributed by atoms with Gasteiger partial charge >= 0.3 is 39.9 Å². The first-order valence-electron chi connectivity index (χ1n) is 11.1. The molecule has 0 aromatic heterocycles. The third-order valence-corrected chi connectivity index (χ3v) is 8.96. The van der Waals surface area contributed by atoms with Crippen molar-refractivity contribution in [1.82, 2.24) is 4.90 Å². The molecule has 0 N–H and O–H groups in total. The fraction of sp³-hybridized carbons (Fsp3) is 0.870. The number of ether oxygens (including phenoxy) is 1. The van der Waals surface area contributed by atoms with E-state index in [4.69, 9.17) is 14.6 Å². The number of alkyl halides is 3. The van der Waals surface area contributed by atoms with Crippen LogP contribution in [-0.2, 0) is 37.2 Å². The Hall–Kier alpha value is -0.535. The van der Waals surface area contributed by atoms with Gasteiger partial charge in [-0.2, -0.15) is 13.2 Å². The summed E-state index contributed by atoms with van der Waals surface area (Å²) >= 11 is 0. The molecule has 5 nitrogen and oxygen atoms in total. The summed E-state index contributed by atoms with van der Waals surface area (Å²) in [6, 6.07) is 0. The summed E-state index contributed by atoms with van der Waals surface area (Å²) < 4.78 is 36.7. The van der Waals surface area contributed by atoms with Crippen LogP contribution in [0.2, 0.25) is 0 Å². The number of carboxylic acid groups (broad SMARTS) is 1. The van der Waals surface area contributed by atoms with Gasteiger partial charge < -0.3 is 19.5 Å². The standard InChI is InChI=1S/C21H34NO2.C2HF3O2.Hg/c1-18(2)9-6-10-20(4)15(18)8-12-21-13-19(3,11-7-16(20)21)22(14-21)17(23)24-5;3-2(4,5)1(6)7;/h11,15-16H,6-10,12-14H2,1-5H3;(H,6,7);/q;;+1/p-1/t15-,16+,19+,20-,21-;;/m1../s1. The van der Waals surface area contributed by atoms with Crippen LogP contribution in [0.5, 0.6) is 0 Å². The van der Waals surface area contributed by atoms with Crippen molar-refractivity contribution in [3.8, 4) is 0 Å². The molecule has 3 aliphatic carbocycles. The summed E-state index contributed by atoms with van der Waals surface area (Å²) in [6.45, 7) is 10.7. The summed E-state index contributed by atoms with van der Waals surface area (Å²) in [5, 5.41) is 8.78. The van der Waals surface area contributed by atoms with E-state index in [2.05, 4.69) is 34.1 Å². The zero-order valence-electron chi connectivity index (χ0n) is 19.8. The van der Waals surface area contributed by atoms with Crippen molar-refractivity contribution in [2.75, 3.05) is 13.7 Å². The van der Waals surface area contributed by atoms with Crippen LogP contribution >= 0.6 is 0 Å². The molecule has 5 atom stereocenters. The van der Waals surface area contributed by atoms with Gasteiger partial charge in [0.05, 0.1) is 7.11 Å². The van der Waals surface area contributed by atoms with Crippen LogP contribution in [-0.4, -0.2) is 42.3 Å². The summed E-state index contributed by atoms with van der Waals surface area (Å²) in [6.07, 6.45) is 6.18. The molecule has 1 spiro atoms. The Kier molecular flexibility index (Phi) is 7.72. The van der Waals surface area contributed by atoms with E-state index in [1.165, 1.54) is 45.6 Å².